The van der Waals surface area contributed by atoms with E-state index in [-0.39, 0.29) is 5.57 Å². The predicted octanol–water partition coefficient (Wildman–Crippen LogP) is 6.85. The van der Waals surface area contributed by atoms with Crippen LogP contribution in [0.5, 0.6) is 11.5 Å². The first kappa shape index (κ1) is 24.4. The van der Waals surface area contributed by atoms with Gasteiger partial charge >= 0.3 is 0 Å². The van der Waals surface area contributed by atoms with Crippen molar-refractivity contribution in [2.45, 2.75) is 20.5 Å². The van der Waals surface area contributed by atoms with E-state index in [4.69, 9.17) is 21.1 Å². The number of halogens is 2. The number of aryl methyl sites for hydroxylation is 2. The van der Waals surface area contributed by atoms with Gasteiger partial charge in [-0.2, -0.15) is 5.26 Å². The largest absolute Gasteiger partial charge is 0.493 e. The molecule has 0 aromatic heterocycles. The highest BCUT2D eigenvalue weighted by molar-refractivity contribution is 9.10. The second-order valence-corrected chi connectivity index (χ2v) is 8.65. The molecular weight excluding hydrogens is 504 g/mol. The maximum absolute atomic E-state index is 12.7. The van der Waals surface area contributed by atoms with Crippen LogP contribution in [0.15, 0.2) is 64.6 Å². The lowest BCUT2D eigenvalue weighted by molar-refractivity contribution is -0.112. The third-order valence-corrected chi connectivity index (χ3v) is 5.96. The number of methoxy groups -OCH3 is 1. The third kappa shape index (κ3) is 6.38. The number of ether oxygens (including phenoxy) is 2. The van der Waals surface area contributed by atoms with Crippen LogP contribution in [0.3, 0.4) is 0 Å². The number of amides is 1. The van der Waals surface area contributed by atoms with Crippen molar-refractivity contribution >= 4 is 45.2 Å². The van der Waals surface area contributed by atoms with Gasteiger partial charge in [0.25, 0.3) is 5.91 Å². The summed E-state index contributed by atoms with van der Waals surface area (Å²) in [5.41, 5.74) is 4.34. The van der Waals surface area contributed by atoms with Crippen LogP contribution in [0.2, 0.25) is 5.02 Å². The van der Waals surface area contributed by atoms with Gasteiger partial charge in [0.1, 0.15) is 18.2 Å². The number of carbonyl (C=O) groups is 1. The third-order valence-electron chi connectivity index (χ3n) is 5.02. The Kier molecular flexibility index (Phi) is 8.16. The van der Waals surface area contributed by atoms with E-state index in [0.29, 0.717) is 38.9 Å². The average Bonchev–Trinajstić information content (AvgIpc) is 2.80. The predicted molar refractivity (Wildman–Crippen MR) is 135 cm³/mol. The molecule has 0 bridgehead atoms. The number of nitrogens with one attached hydrogen (secondary N) is 1. The summed E-state index contributed by atoms with van der Waals surface area (Å²) in [5.74, 6) is 0.509. The van der Waals surface area contributed by atoms with Gasteiger partial charge in [0, 0.05) is 15.2 Å². The van der Waals surface area contributed by atoms with Crippen molar-refractivity contribution in [2.75, 3.05) is 12.4 Å². The molecular formula is C26H22BrClN2O3. The van der Waals surface area contributed by atoms with Gasteiger partial charge in [-0.3, -0.25) is 4.79 Å². The summed E-state index contributed by atoms with van der Waals surface area (Å²) in [6.07, 6.45) is 1.51. The average molecular weight is 526 g/mol. The molecule has 0 aliphatic carbocycles. The first-order valence-electron chi connectivity index (χ1n) is 10.1. The zero-order valence-electron chi connectivity index (χ0n) is 18.4. The van der Waals surface area contributed by atoms with E-state index in [9.17, 15) is 10.1 Å². The van der Waals surface area contributed by atoms with E-state index >= 15 is 0 Å². The van der Waals surface area contributed by atoms with Crippen LogP contribution in [-0.2, 0) is 11.4 Å². The van der Waals surface area contributed by atoms with E-state index < -0.39 is 5.91 Å². The molecule has 0 saturated carbocycles. The Morgan fingerprint density at radius 1 is 1.09 bits per heavy atom. The molecule has 0 radical (unpaired) electrons. The fourth-order valence-corrected chi connectivity index (χ4v) is 3.56. The number of hydrogen-bond donors (Lipinski definition) is 1. The van der Waals surface area contributed by atoms with Gasteiger partial charge in [-0.1, -0.05) is 45.7 Å². The van der Waals surface area contributed by atoms with Crippen LogP contribution in [0.1, 0.15) is 22.3 Å². The molecule has 0 saturated heterocycles. The van der Waals surface area contributed by atoms with Crippen LogP contribution in [0.4, 0.5) is 5.69 Å². The van der Waals surface area contributed by atoms with Crippen molar-refractivity contribution in [2.24, 2.45) is 0 Å². The summed E-state index contributed by atoms with van der Waals surface area (Å²) in [6.45, 7) is 4.29. The number of benzene rings is 3. The lowest BCUT2D eigenvalue weighted by atomic mass is 10.1. The molecule has 0 aliphatic rings. The highest BCUT2D eigenvalue weighted by Gasteiger charge is 2.14. The molecule has 168 valence electrons. The molecule has 0 spiro atoms. The van der Waals surface area contributed by atoms with Crippen molar-refractivity contribution in [1.82, 2.24) is 0 Å². The van der Waals surface area contributed by atoms with E-state index in [2.05, 4.69) is 21.2 Å². The molecule has 0 fully saturated rings. The van der Waals surface area contributed by atoms with Gasteiger partial charge < -0.3 is 14.8 Å². The Morgan fingerprint density at radius 3 is 2.45 bits per heavy atom. The summed E-state index contributed by atoms with van der Waals surface area (Å²) in [5, 5.41) is 13.0. The highest BCUT2D eigenvalue weighted by atomic mass is 79.9. The first-order chi connectivity index (χ1) is 15.8. The van der Waals surface area contributed by atoms with Gasteiger partial charge in [-0.25, -0.2) is 0 Å². The summed E-state index contributed by atoms with van der Waals surface area (Å²) in [4.78, 5) is 12.7. The van der Waals surface area contributed by atoms with Crippen LogP contribution in [0.25, 0.3) is 6.08 Å². The summed E-state index contributed by atoms with van der Waals surface area (Å²) < 4.78 is 12.0. The molecule has 0 unspecified atom stereocenters. The summed E-state index contributed by atoms with van der Waals surface area (Å²) in [7, 11) is 1.53. The zero-order valence-corrected chi connectivity index (χ0v) is 20.8. The van der Waals surface area contributed by atoms with Gasteiger partial charge in [0.15, 0.2) is 11.5 Å². The maximum atomic E-state index is 12.7. The quantitative estimate of drug-likeness (QED) is 0.270. The fraction of sp³-hybridized carbons (Fsp3) is 0.154. The minimum Gasteiger partial charge on any atom is -0.493 e. The van der Waals surface area contributed by atoms with Gasteiger partial charge in [-0.15, -0.1) is 0 Å². The van der Waals surface area contributed by atoms with Crippen LogP contribution < -0.4 is 14.8 Å². The Hall–Kier alpha value is -3.27. The minimum absolute atomic E-state index is 0.0363. The Bertz CT molecular complexity index is 1250. The lowest BCUT2D eigenvalue weighted by Crippen LogP contribution is -2.13. The molecule has 0 heterocycles. The number of nitrogens with zero attached hydrogens (tertiary/aromatic N) is 1. The number of hydrogen-bond acceptors (Lipinski definition) is 4. The SMILES string of the molecule is COc1cc(/C=C(\C#N)C(=O)Nc2ccc(C)c(C)c2)c(Br)cc1OCc1ccc(Cl)cc1. The Labute approximate surface area is 206 Å². The zero-order chi connectivity index (χ0) is 24.0. The van der Waals surface area contributed by atoms with Gasteiger partial charge in [0.05, 0.1) is 7.11 Å². The Balaban J connectivity index is 1.81. The lowest BCUT2D eigenvalue weighted by Gasteiger charge is -2.13. The van der Waals surface area contributed by atoms with Crippen molar-refractivity contribution < 1.29 is 14.3 Å². The van der Waals surface area contributed by atoms with Gasteiger partial charge in [0.2, 0.25) is 0 Å². The first-order valence-corrected chi connectivity index (χ1v) is 11.2. The molecule has 1 N–H and O–H groups in total. The molecule has 3 rings (SSSR count). The molecule has 5 nitrogen and oxygen atoms in total. The number of anilines is 1. The molecule has 3 aromatic rings. The van der Waals surface area contributed by atoms with E-state index in [1.165, 1.54) is 13.2 Å². The highest BCUT2D eigenvalue weighted by Crippen LogP contribution is 2.35. The fourth-order valence-electron chi connectivity index (χ4n) is 3.00. The second kappa shape index (κ2) is 11.0. The van der Waals surface area contributed by atoms with Crippen molar-refractivity contribution in [3.8, 4) is 17.6 Å². The monoisotopic (exact) mass is 524 g/mol. The number of carbonyl (C=O) groups excluding carboxylic acids is 1. The Morgan fingerprint density at radius 2 is 1.82 bits per heavy atom. The number of nitriles is 1. The van der Waals surface area contributed by atoms with Gasteiger partial charge in [-0.05, 0) is 78.6 Å². The van der Waals surface area contributed by atoms with Crippen molar-refractivity contribution in [1.29, 1.82) is 5.26 Å². The topological polar surface area (TPSA) is 71.3 Å². The molecule has 1 amide bonds. The van der Waals surface area contributed by atoms with E-state index in [0.717, 1.165) is 16.7 Å². The van der Waals surface area contributed by atoms with Crippen LogP contribution in [-0.4, -0.2) is 13.0 Å². The molecule has 33 heavy (non-hydrogen) atoms. The van der Waals surface area contributed by atoms with Crippen molar-refractivity contribution in [3.63, 3.8) is 0 Å². The van der Waals surface area contributed by atoms with E-state index in [1.807, 2.05) is 44.2 Å². The molecule has 0 atom stereocenters. The van der Waals surface area contributed by atoms with E-state index in [1.54, 1.807) is 30.3 Å². The normalized spacial score (nSPS) is 11.0. The number of rotatable bonds is 7. The van der Waals surface area contributed by atoms with Crippen LogP contribution in [0, 0.1) is 25.2 Å². The minimum atomic E-state index is -0.491. The van der Waals surface area contributed by atoms with Crippen LogP contribution >= 0.6 is 27.5 Å². The second-order valence-electron chi connectivity index (χ2n) is 7.36. The smallest absolute Gasteiger partial charge is 0.266 e. The summed E-state index contributed by atoms with van der Waals surface area (Å²) >= 11 is 9.42. The van der Waals surface area contributed by atoms with Crippen molar-refractivity contribution in [3.05, 3.63) is 91.9 Å². The summed E-state index contributed by atoms with van der Waals surface area (Å²) in [6, 6.07) is 18.4. The molecule has 7 heteroatoms. The molecule has 3 aromatic carbocycles. The standard InChI is InChI=1S/C26H22BrClN2O3/c1-16-4-9-22(10-17(16)2)30-26(31)20(14-29)11-19-12-24(32-3)25(13-23(19)27)33-15-18-5-7-21(28)8-6-18/h4-13H,15H2,1-3H3,(H,30,31)/b20-11+. The maximum Gasteiger partial charge on any atom is 0.266 e. The molecule has 0 aliphatic heterocycles.